The predicted molar refractivity (Wildman–Crippen MR) is 202 cm³/mol. The molecule has 3 atom stereocenters. The Balaban J connectivity index is 1.00. The highest BCUT2D eigenvalue weighted by molar-refractivity contribution is 6.30. The number of hydrogen-bond donors (Lipinski definition) is 2. The van der Waals surface area contributed by atoms with Gasteiger partial charge in [-0.15, -0.1) is 0 Å². The molecule has 0 unspecified atom stereocenters. The lowest BCUT2D eigenvalue weighted by Crippen LogP contribution is -2.46. The maximum Gasteiger partial charge on any atom is 0.261 e. The molecule has 270 valence electrons. The Morgan fingerprint density at radius 3 is 2.06 bits per heavy atom. The first-order chi connectivity index (χ1) is 25.8. The van der Waals surface area contributed by atoms with E-state index in [0.717, 1.165) is 52.0 Å². The average molecular weight is 729 g/mol. The second kappa shape index (κ2) is 15.0. The summed E-state index contributed by atoms with van der Waals surface area (Å²) in [6, 6.07) is 38.3. The summed E-state index contributed by atoms with van der Waals surface area (Å²) in [5.41, 5.74) is 6.39. The minimum Gasteiger partial charge on any atom is -0.392 e. The number of fused-ring (bicyclic) bond motifs is 1. The van der Waals surface area contributed by atoms with Crippen LogP contribution in [0, 0.1) is 0 Å². The van der Waals surface area contributed by atoms with Crippen LogP contribution in [0.2, 0.25) is 5.02 Å². The highest BCUT2D eigenvalue weighted by Gasteiger charge is 2.38. The molecule has 2 N–H and O–H groups in total. The van der Waals surface area contributed by atoms with E-state index >= 15 is 0 Å². The Kier molecular flexibility index (Phi) is 10.0. The Hall–Kier alpha value is -4.67. The van der Waals surface area contributed by atoms with Gasteiger partial charge in [0.15, 0.2) is 6.29 Å². The minimum absolute atomic E-state index is 0.0240. The number of rotatable bonds is 9. The molecule has 2 saturated heterocycles. The van der Waals surface area contributed by atoms with E-state index in [9.17, 15) is 19.8 Å². The molecule has 53 heavy (non-hydrogen) atoms. The van der Waals surface area contributed by atoms with Crippen LogP contribution in [0.3, 0.4) is 0 Å². The number of hydrogen-bond acceptors (Lipinski definition) is 7. The second-order valence-electron chi connectivity index (χ2n) is 14.3. The largest absolute Gasteiger partial charge is 0.392 e. The Labute approximate surface area is 314 Å². The van der Waals surface area contributed by atoms with Crippen molar-refractivity contribution in [3.05, 3.63) is 165 Å². The van der Waals surface area contributed by atoms with E-state index in [4.69, 9.17) is 21.1 Å². The van der Waals surface area contributed by atoms with Gasteiger partial charge in [-0.2, -0.15) is 0 Å². The summed E-state index contributed by atoms with van der Waals surface area (Å²) in [6.45, 7) is 2.31. The molecule has 3 aliphatic rings. The van der Waals surface area contributed by atoms with Gasteiger partial charge in [0, 0.05) is 36.6 Å². The van der Waals surface area contributed by atoms with E-state index in [1.165, 1.54) is 4.90 Å². The van der Waals surface area contributed by atoms with E-state index in [0.29, 0.717) is 42.0 Å². The lowest BCUT2D eigenvalue weighted by molar-refractivity contribution is -0.253. The summed E-state index contributed by atoms with van der Waals surface area (Å²) >= 11 is 6.10. The van der Waals surface area contributed by atoms with E-state index < -0.39 is 11.9 Å². The molecule has 0 aromatic heterocycles. The summed E-state index contributed by atoms with van der Waals surface area (Å²) in [5, 5.41) is 21.8. The number of piperidine rings is 1. The van der Waals surface area contributed by atoms with Crippen LogP contribution in [0.4, 0.5) is 0 Å². The number of ether oxygens (including phenoxy) is 2. The third kappa shape index (κ3) is 7.44. The van der Waals surface area contributed by atoms with Crippen molar-refractivity contribution in [2.45, 2.75) is 56.5 Å². The van der Waals surface area contributed by atoms with Gasteiger partial charge in [-0.05, 0) is 82.6 Å². The number of carbonyl (C=O) groups is 2. The van der Waals surface area contributed by atoms with Crippen LogP contribution in [-0.4, -0.2) is 57.6 Å². The summed E-state index contributed by atoms with van der Waals surface area (Å²) < 4.78 is 13.4. The number of carbonyl (C=O) groups excluding carboxylic acids is 2. The Morgan fingerprint density at radius 2 is 1.38 bits per heavy atom. The van der Waals surface area contributed by atoms with Crippen LogP contribution in [-0.2, 0) is 28.2 Å². The van der Waals surface area contributed by atoms with Gasteiger partial charge in [0.25, 0.3) is 11.8 Å². The van der Waals surface area contributed by atoms with Gasteiger partial charge in [-0.3, -0.25) is 14.5 Å². The number of likely N-dealkylation sites (tertiary alicyclic amines) is 1. The lowest BCUT2D eigenvalue weighted by atomic mass is 9.84. The molecule has 0 aliphatic carbocycles. The summed E-state index contributed by atoms with van der Waals surface area (Å²) in [6.07, 6.45) is 0.891. The highest BCUT2D eigenvalue weighted by Crippen LogP contribution is 2.40. The number of imide groups is 1. The minimum atomic E-state index is -0.889. The van der Waals surface area contributed by atoms with Crippen molar-refractivity contribution in [2.75, 3.05) is 19.6 Å². The van der Waals surface area contributed by atoms with Crippen LogP contribution in [0.25, 0.3) is 11.1 Å². The van der Waals surface area contributed by atoms with Crippen molar-refractivity contribution < 1.29 is 29.3 Å². The molecule has 5 aromatic carbocycles. The fourth-order valence-corrected chi connectivity index (χ4v) is 7.88. The maximum atomic E-state index is 13.0. The van der Waals surface area contributed by atoms with Crippen LogP contribution < -0.4 is 0 Å². The molecule has 8 rings (SSSR count). The zero-order chi connectivity index (χ0) is 36.5. The SMILES string of the molecule is O=C1c2ccccc2C(=O)N1Cc1cccc(-c2cccc([C@@H]3O[C@H](CN4CCC(O)(c5ccc(Cl)cc5)CC4)C[C@H](c4ccc(CO)cc4)O3)c2)c1. The molecule has 2 amide bonds. The average Bonchev–Trinajstić information content (AvgIpc) is 3.43. The summed E-state index contributed by atoms with van der Waals surface area (Å²) in [7, 11) is 0. The molecular formula is C44H41ClN2O6. The third-order valence-corrected chi connectivity index (χ3v) is 11.0. The first-order valence-electron chi connectivity index (χ1n) is 18.1. The van der Waals surface area contributed by atoms with Crippen LogP contribution >= 0.6 is 11.6 Å². The molecular weight excluding hydrogens is 688 g/mol. The quantitative estimate of drug-likeness (QED) is 0.149. The van der Waals surface area contributed by atoms with Crippen LogP contribution in [0.15, 0.2) is 121 Å². The number of aliphatic hydroxyl groups excluding tert-OH is 1. The lowest BCUT2D eigenvalue weighted by Gasteiger charge is -2.42. The Morgan fingerprint density at radius 1 is 0.717 bits per heavy atom. The number of amides is 2. The van der Waals surface area contributed by atoms with Crippen molar-refractivity contribution in [1.82, 2.24) is 9.80 Å². The topological polar surface area (TPSA) is 99.5 Å². The summed E-state index contributed by atoms with van der Waals surface area (Å²) in [4.78, 5) is 29.8. The highest BCUT2D eigenvalue weighted by atomic mass is 35.5. The first-order valence-corrected chi connectivity index (χ1v) is 18.5. The van der Waals surface area contributed by atoms with Gasteiger partial charge in [-0.1, -0.05) is 96.5 Å². The molecule has 0 bridgehead atoms. The summed E-state index contributed by atoms with van der Waals surface area (Å²) in [5.74, 6) is -0.553. The molecule has 5 aromatic rings. The number of aliphatic hydroxyl groups is 2. The van der Waals surface area contributed by atoms with Crippen molar-refractivity contribution in [3.63, 3.8) is 0 Å². The normalized spacial score (nSPS) is 21.5. The molecule has 0 spiro atoms. The molecule has 0 saturated carbocycles. The van der Waals surface area contributed by atoms with E-state index in [1.807, 2.05) is 91.0 Å². The van der Waals surface area contributed by atoms with Gasteiger partial charge in [0.05, 0.1) is 42.1 Å². The smallest absolute Gasteiger partial charge is 0.261 e. The van der Waals surface area contributed by atoms with Gasteiger partial charge in [0.2, 0.25) is 0 Å². The zero-order valence-corrected chi connectivity index (χ0v) is 30.0. The number of halogens is 1. The van der Waals surface area contributed by atoms with Crippen molar-refractivity contribution in [1.29, 1.82) is 0 Å². The van der Waals surface area contributed by atoms with Crippen LogP contribution in [0.5, 0.6) is 0 Å². The number of benzene rings is 5. The van der Waals surface area contributed by atoms with Crippen LogP contribution in [0.1, 0.15) is 80.2 Å². The van der Waals surface area contributed by atoms with Gasteiger partial charge >= 0.3 is 0 Å². The first kappa shape index (κ1) is 35.4. The fourth-order valence-electron chi connectivity index (χ4n) is 7.75. The molecule has 3 heterocycles. The van der Waals surface area contributed by atoms with Gasteiger partial charge in [-0.25, -0.2) is 0 Å². The Bertz CT molecular complexity index is 2080. The fraction of sp³-hybridized carbons (Fsp3) is 0.273. The van der Waals surface area contributed by atoms with E-state index in [2.05, 4.69) is 11.0 Å². The maximum absolute atomic E-state index is 13.0. The molecule has 0 radical (unpaired) electrons. The predicted octanol–water partition coefficient (Wildman–Crippen LogP) is 7.82. The van der Waals surface area contributed by atoms with E-state index in [-0.39, 0.29) is 37.2 Å². The van der Waals surface area contributed by atoms with Gasteiger partial charge in [0.1, 0.15) is 0 Å². The van der Waals surface area contributed by atoms with Crippen molar-refractivity contribution >= 4 is 23.4 Å². The second-order valence-corrected chi connectivity index (χ2v) is 14.7. The zero-order valence-electron chi connectivity index (χ0n) is 29.2. The van der Waals surface area contributed by atoms with Gasteiger partial charge < -0.3 is 24.6 Å². The molecule has 3 aliphatic heterocycles. The standard InChI is InChI=1S/C44H41ClN2O6/c45-36-17-15-35(16-18-36)44(51)19-21-46(22-20-44)27-37-25-40(31-13-11-29(28-48)12-14-31)53-43(52-37)34-8-4-7-33(24-34)32-6-3-5-30(23-32)26-47-41(49)38-9-1-2-10-39(38)42(47)50/h1-18,23-24,37,40,43,48,51H,19-22,25-28H2/t37-,40+,43+/m0/s1. The number of nitrogens with zero attached hydrogens (tertiary/aromatic N) is 2. The molecule has 9 heteroatoms. The third-order valence-electron chi connectivity index (χ3n) is 10.8. The molecule has 8 nitrogen and oxygen atoms in total. The monoisotopic (exact) mass is 728 g/mol. The van der Waals surface area contributed by atoms with E-state index in [1.54, 1.807) is 24.3 Å². The van der Waals surface area contributed by atoms with Crippen molar-refractivity contribution in [3.8, 4) is 11.1 Å². The molecule has 2 fully saturated rings. The van der Waals surface area contributed by atoms with Crippen molar-refractivity contribution in [2.24, 2.45) is 0 Å².